The lowest BCUT2D eigenvalue weighted by Gasteiger charge is -2.12. The van der Waals surface area contributed by atoms with Gasteiger partial charge in [-0.25, -0.2) is 0 Å². The molecule has 0 aromatic heterocycles. The van der Waals surface area contributed by atoms with Gasteiger partial charge in [0.1, 0.15) is 0 Å². The monoisotopic (exact) mass is 230 g/mol. The van der Waals surface area contributed by atoms with E-state index in [9.17, 15) is 4.89 Å². The highest BCUT2D eigenvalue weighted by atomic mass is 31.1. The van der Waals surface area contributed by atoms with Gasteiger partial charge in [0.25, 0.3) is 0 Å². The first-order valence-corrected chi connectivity index (χ1v) is 6.58. The second-order valence-corrected chi connectivity index (χ2v) is 5.65. The van der Waals surface area contributed by atoms with Crippen molar-refractivity contribution in [3.8, 4) is 0 Å². The van der Waals surface area contributed by atoms with E-state index in [0.717, 1.165) is 10.6 Å². The molecule has 82 valence electrons. The maximum atomic E-state index is 10.3. The Morgan fingerprint density at radius 2 is 1.25 bits per heavy atom. The molecule has 0 radical (unpaired) electrons. The van der Waals surface area contributed by atoms with Gasteiger partial charge in [-0.05, 0) is 26.0 Å². The van der Waals surface area contributed by atoms with Crippen molar-refractivity contribution >= 4 is 18.8 Å². The molecule has 0 saturated heterocycles. The zero-order valence-corrected chi connectivity index (χ0v) is 10.4. The summed E-state index contributed by atoms with van der Waals surface area (Å²) in [5.74, 6) is 0. The summed E-state index contributed by atoms with van der Waals surface area (Å²) in [6, 6.07) is 16.1. The third kappa shape index (κ3) is 2.49. The summed E-state index contributed by atoms with van der Waals surface area (Å²) in [6.45, 7) is 4.09. The Morgan fingerprint density at radius 1 is 0.812 bits per heavy atom. The molecular formula is C14H15OP. The second-order valence-electron chi connectivity index (χ2n) is 3.99. The summed E-state index contributed by atoms with van der Waals surface area (Å²) in [7, 11) is -1.20. The summed E-state index contributed by atoms with van der Waals surface area (Å²) in [4.78, 5) is 10.3. The Labute approximate surface area is 97.6 Å². The molecule has 0 amide bonds. The Kier molecular flexibility index (Phi) is 3.38. The highest BCUT2D eigenvalue weighted by molar-refractivity contribution is 7.67. The number of hydrogen-bond acceptors (Lipinski definition) is 1. The highest BCUT2D eigenvalue weighted by Crippen LogP contribution is 2.28. The van der Waals surface area contributed by atoms with Crippen LogP contribution in [0, 0.1) is 13.8 Å². The van der Waals surface area contributed by atoms with E-state index in [1.165, 1.54) is 11.1 Å². The lowest BCUT2D eigenvalue weighted by atomic mass is 10.2. The first-order chi connectivity index (χ1) is 7.66. The number of benzene rings is 2. The van der Waals surface area contributed by atoms with Crippen LogP contribution >= 0.6 is 8.15 Å². The maximum absolute atomic E-state index is 10.3. The minimum Gasteiger partial charge on any atom is -0.364 e. The van der Waals surface area contributed by atoms with E-state index in [-0.39, 0.29) is 0 Å². The second kappa shape index (κ2) is 4.78. The van der Waals surface area contributed by atoms with Gasteiger partial charge >= 0.3 is 0 Å². The van der Waals surface area contributed by atoms with Crippen molar-refractivity contribution in [2.45, 2.75) is 13.8 Å². The van der Waals surface area contributed by atoms with Crippen LogP contribution in [-0.4, -0.2) is 4.89 Å². The molecule has 0 aliphatic heterocycles. The van der Waals surface area contributed by atoms with E-state index in [1.54, 1.807) is 0 Å². The molecule has 2 heteroatoms. The van der Waals surface area contributed by atoms with Crippen LogP contribution < -0.4 is 10.6 Å². The molecular weight excluding hydrogens is 215 g/mol. The van der Waals surface area contributed by atoms with Crippen LogP contribution in [0.5, 0.6) is 0 Å². The summed E-state index contributed by atoms with van der Waals surface area (Å²) < 4.78 is 0. The topological polar surface area (TPSA) is 20.2 Å². The predicted molar refractivity (Wildman–Crippen MR) is 70.8 cm³/mol. The van der Waals surface area contributed by atoms with Crippen molar-refractivity contribution in [2.75, 3.05) is 0 Å². The average molecular weight is 230 g/mol. The Morgan fingerprint density at radius 3 is 1.62 bits per heavy atom. The average Bonchev–Trinajstić information content (AvgIpc) is 2.28. The predicted octanol–water partition coefficient (Wildman–Crippen LogP) is 2.64. The largest absolute Gasteiger partial charge is 0.364 e. The molecule has 0 aliphatic carbocycles. The fraction of sp³-hybridized carbons (Fsp3) is 0.143. The minimum absolute atomic E-state index is 1.01. The van der Waals surface area contributed by atoms with Crippen LogP contribution in [0.2, 0.25) is 0 Å². The highest BCUT2D eigenvalue weighted by Gasteiger charge is 2.10. The summed E-state index contributed by atoms with van der Waals surface area (Å²) in [5.41, 5.74) is 2.37. The van der Waals surface area contributed by atoms with Crippen molar-refractivity contribution in [1.29, 1.82) is 0 Å². The van der Waals surface area contributed by atoms with E-state index in [4.69, 9.17) is 0 Å². The third-order valence-electron chi connectivity index (χ3n) is 2.49. The van der Waals surface area contributed by atoms with Crippen molar-refractivity contribution in [2.24, 2.45) is 0 Å². The number of rotatable bonds is 2. The molecule has 0 spiro atoms. The molecule has 2 aromatic rings. The first-order valence-electron chi connectivity index (χ1n) is 5.29. The Hall–Kier alpha value is -1.17. The fourth-order valence-corrected chi connectivity index (χ4v) is 3.07. The van der Waals surface area contributed by atoms with Crippen molar-refractivity contribution in [3.63, 3.8) is 0 Å². The zero-order valence-electron chi connectivity index (χ0n) is 9.51. The van der Waals surface area contributed by atoms with Crippen LogP contribution in [-0.2, 0) is 0 Å². The molecule has 0 unspecified atom stereocenters. The minimum atomic E-state index is -1.20. The quantitative estimate of drug-likeness (QED) is 0.786. The molecule has 1 nitrogen and oxygen atoms in total. The summed E-state index contributed by atoms with van der Waals surface area (Å²) in [6.07, 6.45) is 0. The van der Waals surface area contributed by atoms with Crippen LogP contribution in [0.1, 0.15) is 11.1 Å². The van der Waals surface area contributed by atoms with Crippen LogP contribution in [0.15, 0.2) is 48.5 Å². The van der Waals surface area contributed by atoms with Gasteiger partial charge in [-0.15, -0.1) is 0 Å². The van der Waals surface area contributed by atoms with Gasteiger partial charge in [-0.3, -0.25) is 0 Å². The standard InChI is InChI=1S/C14H15OP/c1-11-5-3-7-13(9-11)16(15)14-8-4-6-12(2)10-14/h3-10,15H,1-2H3. The number of aryl methyl sites for hydroxylation is 2. The summed E-state index contributed by atoms with van der Waals surface area (Å²) >= 11 is 0. The van der Waals surface area contributed by atoms with E-state index in [1.807, 2.05) is 62.4 Å². The fourth-order valence-electron chi connectivity index (χ4n) is 1.67. The van der Waals surface area contributed by atoms with Gasteiger partial charge in [0.05, 0.1) is 8.15 Å². The van der Waals surface area contributed by atoms with Gasteiger partial charge in [0.2, 0.25) is 0 Å². The molecule has 0 atom stereocenters. The molecule has 1 N–H and O–H groups in total. The van der Waals surface area contributed by atoms with E-state index >= 15 is 0 Å². The third-order valence-corrected chi connectivity index (χ3v) is 4.03. The zero-order chi connectivity index (χ0) is 11.5. The normalized spacial score (nSPS) is 10.8. The van der Waals surface area contributed by atoms with Gasteiger partial charge in [0, 0.05) is 10.6 Å². The molecule has 0 aliphatic rings. The van der Waals surface area contributed by atoms with E-state index < -0.39 is 8.15 Å². The lowest BCUT2D eigenvalue weighted by Crippen LogP contribution is -2.11. The lowest BCUT2D eigenvalue weighted by molar-refractivity contribution is 0.644. The first kappa shape index (κ1) is 11.3. The number of hydrogen-bond donors (Lipinski definition) is 1. The van der Waals surface area contributed by atoms with Gasteiger partial charge in [-0.1, -0.05) is 47.5 Å². The van der Waals surface area contributed by atoms with E-state index in [0.29, 0.717) is 0 Å². The molecule has 0 heterocycles. The van der Waals surface area contributed by atoms with Gasteiger partial charge < -0.3 is 4.89 Å². The Bertz CT molecular complexity index is 448. The van der Waals surface area contributed by atoms with Crippen LogP contribution in [0.25, 0.3) is 0 Å². The van der Waals surface area contributed by atoms with Crippen molar-refractivity contribution in [1.82, 2.24) is 0 Å². The van der Waals surface area contributed by atoms with Gasteiger partial charge in [0.15, 0.2) is 0 Å². The SMILES string of the molecule is Cc1cccc(P(O)c2cccc(C)c2)c1. The summed E-state index contributed by atoms with van der Waals surface area (Å²) in [5, 5.41) is 2.03. The van der Waals surface area contributed by atoms with Crippen molar-refractivity contribution < 1.29 is 4.89 Å². The smallest absolute Gasteiger partial charge is 0.0877 e. The molecule has 0 saturated carbocycles. The molecule has 0 fully saturated rings. The molecule has 2 rings (SSSR count). The molecule has 16 heavy (non-hydrogen) atoms. The molecule has 0 bridgehead atoms. The van der Waals surface area contributed by atoms with Crippen molar-refractivity contribution in [3.05, 3.63) is 59.7 Å². The van der Waals surface area contributed by atoms with Crippen LogP contribution in [0.3, 0.4) is 0 Å². The van der Waals surface area contributed by atoms with Gasteiger partial charge in [-0.2, -0.15) is 0 Å². The Balaban J connectivity index is 2.35. The molecule has 2 aromatic carbocycles. The maximum Gasteiger partial charge on any atom is 0.0877 e. The van der Waals surface area contributed by atoms with Crippen LogP contribution in [0.4, 0.5) is 0 Å². The van der Waals surface area contributed by atoms with E-state index in [2.05, 4.69) is 0 Å².